The zero-order valence-electron chi connectivity index (χ0n) is 17.0. The van der Waals surface area contributed by atoms with Crippen LogP contribution < -0.4 is 10.0 Å². The molecule has 0 fully saturated rings. The molecule has 0 aliphatic carbocycles. The molecule has 0 aliphatic heterocycles. The lowest BCUT2D eigenvalue weighted by Crippen LogP contribution is -2.15. The van der Waals surface area contributed by atoms with Crippen LogP contribution in [0.15, 0.2) is 76.0 Å². The number of hydrogen-bond donors (Lipinski definition) is 2. The Balaban J connectivity index is 1.50. The Bertz CT molecular complexity index is 1440. The second-order valence-corrected chi connectivity index (χ2v) is 9.52. The molecule has 0 atom stereocenters. The summed E-state index contributed by atoms with van der Waals surface area (Å²) in [5.74, 6) is -0.490. The van der Waals surface area contributed by atoms with Crippen LogP contribution in [-0.2, 0) is 10.0 Å². The third-order valence-electron chi connectivity index (χ3n) is 4.51. The predicted octanol–water partition coefficient (Wildman–Crippen LogP) is 5.40. The van der Waals surface area contributed by atoms with E-state index in [1.807, 2.05) is 6.92 Å². The fourth-order valence-corrected chi connectivity index (χ4v) is 4.29. The standard InChI is InChI=1S/C22H16Cl2N4O4S/c1-13-5-8-17(9-6-13)33(30,31)28-16-4-2-3-14(11-16)20(29)25-22-27-26-21(32-22)18-12-15(23)7-10-19(18)24/h2-12,28H,1H3,(H,25,27,29). The lowest BCUT2D eigenvalue weighted by molar-refractivity contribution is 0.102. The van der Waals surface area contributed by atoms with E-state index in [2.05, 4.69) is 20.2 Å². The number of nitrogens with zero attached hydrogens (tertiary/aromatic N) is 2. The van der Waals surface area contributed by atoms with E-state index < -0.39 is 15.9 Å². The molecule has 0 saturated carbocycles. The molecule has 1 heterocycles. The average molecular weight is 503 g/mol. The van der Waals surface area contributed by atoms with Crippen molar-refractivity contribution in [2.24, 2.45) is 0 Å². The molecular formula is C22H16Cl2N4O4S. The molecule has 0 spiro atoms. The van der Waals surface area contributed by atoms with E-state index in [0.29, 0.717) is 15.6 Å². The van der Waals surface area contributed by atoms with Crippen LogP contribution in [0, 0.1) is 6.92 Å². The van der Waals surface area contributed by atoms with E-state index >= 15 is 0 Å². The van der Waals surface area contributed by atoms with Gasteiger partial charge >= 0.3 is 6.01 Å². The fourth-order valence-electron chi connectivity index (χ4n) is 2.87. The molecule has 0 bridgehead atoms. The Labute approximate surface area is 199 Å². The van der Waals surface area contributed by atoms with Crippen LogP contribution in [0.4, 0.5) is 11.7 Å². The third-order valence-corrected chi connectivity index (χ3v) is 6.47. The Hall–Kier alpha value is -3.40. The van der Waals surface area contributed by atoms with Crippen LogP contribution in [-0.4, -0.2) is 24.5 Å². The molecule has 11 heteroatoms. The van der Waals surface area contributed by atoms with Crippen molar-refractivity contribution in [2.75, 3.05) is 10.0 Å². The number of rotatable bonds is 6. The lowest BCUT2D eigenvalue weighted by Gasteiger charge is -2.09. The zero-order valence-corrected chi connectivity index (χ0v) is 19.4. The van der Waals surface area contributed by atoms with E-state index in [4.69, 9.17) is 27.6 Å². The fraction of sp³-hybridized carbons (Fsp3) is 0.0455. The quantitative estimate of drug-likeness (QED) is 0.364. The number of amides is 1. The van der Waals surface area contributed by atoms with E-state index in [0.717, 1.165) is 5.56 Å². The van der Waals surface area contributed by atoms with Crippen LogP contribution >= 0.6 is 23.2 Å². The molecule has 4 aromatic rings. The van der Waals surface area contributed by atoms with E-state index in [9.17, 15) is 13.2 Å². The smallest absolute Gasteiger partial charge is 0.322 e. The van der Waals surface area contributed by atoms with Gasteiger partial charge in [-0.2, -0.15) is 0 Å². The molecule has 1 amide bonds. The summed E-state index contributed by atoms with van der Waals surface area (Å²) in [7, 11) is -3.81. The second-order valence-electron chi connectivity index (χ2n) is 6.99. The highest BCUT2D eigenvalue weighted by atomic mass is 35.5. The molecule has 33 heavy (non-hydrogen) atoms. The van der Waals surface area contributed by atoms with Crippen molar-refractivity contribution in [3.05, 3.63) is 87.9 Å². The monoisotopic (exact) mass is 502 g/mol. The van der Waals surface area contributed by atoms with Gasteiger partial charge in [-0.3, -0.25) is 14.8 Å². The molecule has 3 aromatic carbocycles. The number of nitrogens with one attached hydrogen (secondary N) is 2. The van der Waals surface area contributed by atoms with Gasteiger partial charge in [0.2, 0.25) is 0 Å². The van der Waals surface area contributed by atoms with Crippen molar-refractivity contribution in [2.45, 2.75) is 11.8 Å². The van der Waals surface area contributed by atoms with Gasteiger partial charge in [0.15, 0.2) is 0 Å². The van der Waals surface area contributed by atoms with Gasteiger partial charge in [-0.05, 0) is 55.5 Å². The third kappa shape index (κ3) is 5.33. The molecule has 0 unspecified atom stereocenters. The van der Waals surface area contributed by atoms with Crippen molar-refractivity contribution in [1.29, 1.82) is 0 Å². The Morgan fingerprint density at radius 3 is 2.48 bits per heavy atom. The lowest BCUT2D eigenvalue weighted by atomic mass is 10.2. The van der Waals surface area contributed by atoms with Crippen LogP contribution in [0.3, 0.4) is 0 Å². The van der Waals surface area contributed by atoms with Crippen LogP contribution in [0.5, 0.6) is 0 Å². The first-order valence-electron chi connectivity index (χ1n) is 9.51. The maximum absolute atomic E-state index is 12.6. The molecular weight excluding hydrogens is 487 g/mol. The molecule has 0 aliphatic rings. The molecule has 4 rings (SSSR count). The Morgan fingerprint density at radius 1 is 0.970 bits per heavy atom. The van der Waals surface area contributed by atoms with E-state index in [1.165, 1.54) is 30.3 Å². The first-order valence-corrected chi connectivity index (χ1v) is 11.7. The van der Waals surface area contributed by atoms with Gasteiger partial charge in [-0.15, -0.1) is 5.10 Å². The first kappa shape index (κ1) is 22.8. The predicted molar refractivity (Wildman–Crippen MR) is 126 cm³/mol. The van der Waals surface area contributed by atoms with Gasteiger partial charge in [0.25, 0.3) is 21.8 Å². The van der Waals surface area contributed by atoms with Gasteiger partial charge in [0, 0.05) is 16.3 Å². The van der Waals surface area contributed by atoms with Gasteiger partial charge in [-0.1, -0.05) is 52.1 Å². The van der Waals surface area contributed by atoms with E-state index in [1.54, 1.807) is 36.4 Å². The van der Waals surface area contributed by atoms with Crippen molar-refractivity contribution in [3.63, 3.8) is 0 Å². The van der Waals surface area contributed by atoms with Gasteiger partial charge in [0.1, 0.15) is 0 Å². The molecule has 2 N–H and O–H groups in total. The minimum Gasteiger partial charge on any atom is -0.403 e. The number of hydrogen-bond acceptors (Lipinski definition) is 6. The summed E-state index contributed by atoms with van der Waals surface area (Å²) < 4.78 is 33.1. The summed E-state index contributed by atoms with van der Waals surface area (Å²) in [4.78, 5) is 12.8. The summed E-state index contributed by atoms with van der Waals surface area (Å²) in [6, 6.07) is 17.0. The van der Waals surface area contributed by atoms with Gasteiger partial charge < -0.3 is 4.42 Å². The minimum atomic E-state index is -3.81. The number of carbonyl (C=O) groups is 1. The Kier molecular flexibility index (Phi) is 6.37. The summed E-state index contributed by atoms with van der Waals surface area (Å²) in [6.07, 6.45) is 0. The van der Waals surface area contributed by atoms with Gasteiger partial charge in [-0.25, -0.2) is 8.42 Å². The SMILES string of the molecule is Cc1ccc(S(=O)(=O)Nc2cccc(C(=O)Nc3nnc(-c4cc(Cl)ccc4Cl)o3)c2)cc1. The van der Waals surface area contributed by atoms with Crippen LogP contribution in [0.1, 0.15) is 15.9 Å². The average Bonchev–Trinajstić information content (AvgIpc) is 3.24. The summed E-state index contributed by atoms with van der Waals surface area (Å²) in [6.45, 7) is 1.86. The highest BCUT2D eigenvalue weighted by Crippen LogP contribution is 2.30. The maximum atomic E-state index is 12.6. The molecule has 0 saturated heterocycles. The topological polar surface area (TPSA) is 114 Å². The molecule has 8 nitrogen and oxygen atoms in total. The van der Waals surface area contributed by atoms with Crippen LogP contribution in [0.2, 0.25) is 10.0 Å². The Morgan fingerprint density at radius 2 is 1.73 bits per heavy atom. The number of anilines is 2. The first-order chi connectivity index (χ1) is 15.7. The number of halogens is 2. The summed E-state index contributed by atoms with van der Waals surface area (Å²) in [5, 5.41) is 10.9. The number of benzene rings is 3. The summed E-state index contributed by atoms with van der Waals surface area (Å²) in [5.41, 5.74) is 1.76. The highest BCUT2D eigenvalue weighted by molar-refractivity contribution is 7.92. The van der Waals surface area contributed by atoms with Crippen molar-refractivity contribution < 1.29 is 17.6 Å². The minimum absolute atomic E-state index is 0.0809. The van der Waals surface area contributed by atoms with Crippen LogP contribution in [0.25, 0.3) is 11.5 Å². The number of aryl methyl sites for hydroxylation is 1. The van der Waals surface area contributed by atoms with E-state index in [-0.39, 0.29) is 28.1 Å². The largest absolute Gasteiger partial charge is 0.403 e. The molecule has 0 radical (unpaired) electrons. The number of carbonyl (C=O) groups excluding carboxylic acids is 1. The van der Waals surface area contributed by atoms with Crippen molar-refractivity contribution in [1.82, 2.24) is 10.2 Å². The normalized spacial score (nSPS) is 11.2. The highest BCUT2D eigenvalue weighted by Gasteiger charge is 2.17. The maximum Gasteiger partial charge on any atom is 0.322 e. The van der Waals surface area contributed by atoms with Gasteiger partial charge in [0.05, 0.1) is 15.5 Å². The van der Waals surface area contributed by atoms with Crippen molar-refractivity contribution >= 4 is 50.8 Å². The number of aromatic nitrogens is 2. The zero-order chi connectivity index (χ0) is 23.6. The van der Waals surface area contributed by atoms with Crippen molar-refractivity contribution in [3.8, 4) is 11.5 Å². The molecule has 168 valence electrons. The summed E-state index contributed by atoms with van der Waals surface area (Å²) >= 11 is 12.1. The number of sulfonamides is 1. The molecule has 1 aromatic heterocycles. The second kappa shape index (κ2) is 9.22.